The van der Waals surface area contributed by atoms with E-state index in [4.69, 9.17) is 6.42 Å². The van der Waals surface area contributed by atoms with E-state index in [1.165, 1.54) is 22.3 Å². The number of anilines is 1. The molecule has 0 aliphatic heterocycles. The normalized spacial score (nSPS) is 11.0. The third kappa shape index (κ3) is 3.39. The molecule has 0 fully saturated rings. The van der Waals surface area contributed by atoms with Gasteiger partial charge < -0.3 is 16.0 Å². The number of carbonyl (C=O) groups excluding carboxylic acids is 2. The van der Waals surface area contributed by atoms with Gasteiger partial charge in [0.1, 0.15) is 0 Å². The largest absolute Gasteiger partial charge is 0.344 e. The molecule has 3 N–H and O–H groups in total. The van der Waals surface area contributed by atoms with Crippen LogP contribution < -0.4 is 16.0 Å². The average molecular weight is 319 g/mol. The van der Waals surface area contributed by atoms with E-state index in [0.717, 1.165) is 6.42 Å². The van der Waals surface area contributed by atoms with Crippen molar-refractivity contribution in [2.45, 2.75) is 6.42 Å². The molecule has 2 aromatic rings. The molecule has 0 unspecified atom stereocenters. The predicted molar refractivity (Wildman–Crippen MR) is 93.5 cm³/mol. The van der Waals surface area contributed by atoms with Crippen LogP contribution in [0.5, 0.6) is 0 Å². The van der Waals surface area contributed by atoms with Crippen LogP contribution in [-0.4, -0.2) is 25.0 Å². The smallest absolute Gasteiger partial charge is 0.319 e. The number of hydrogen-bond acceptors (Lipinski definition) is 2. The summed E-state index contributed by atoms with van der Waals surface area (Å²) in [7, 11) is 0. The highest BCUT2D eigenvalue weighted by molar-refractivity contribution is 5.93. The minimum absolute atomic E-state index is 0.121. The molecule has 5 heteroatoms. The number of amides is 3. The Balaban J connectivity index is 1.60. The van der Waals surface area contributed by atoms with Crippen molar-refractivity contribution in [3.05, 3.63) is 53.6 Å². The number of terminal acetylenes is 1. The van der Waals surface area contributed by atoms with Gasteiger partial charge in [0.2, 0.25) is 5.91 Å². The van der Waals surface area contributed by atoms with Crippen molar-refractivity contribution < 1.29 is 9.59 Å². The maximum absolute atomic E-state index is 11.9. The Bertz CT molecular complexity index is 837. The third-order valence-corrected chi connectivity index (χ3v) is 3.85. The summed E-state index contributed by atoms with van der Waals surface area (Å²) in [4.78, 5) is 23.3. The quantitative estimate of drug-likeness (QED) is 0.645. The summed E-state index contributed by atoms with van der Waals surface area (Å²) >= 11 is 0. The number of carbonyl (C=O) groups is 2. The van der Waals surface area contributed by atoms with E-state index < -0.39 is 6.03 Å². The predicted octanol–water partition coefficient (Wildman–Crippen LogP) is 2.13. The molecule has 0 saturated heterocycles. The zero-order valence-electron chi connectivity index (χ0n) is 13.1. The van der Waals surface area contributed by atoms with E-state index >= 15 is 0 Å². The van der Waals surface area contributed by atoms with Crippen LogP contribution >= 0.6 is 0 Å². The van der Waals surface area contributed by atoms with Crippen LogP contribution in [-0.2, 0) is 11.2 Å². The van der Waals surface area contributed by atoms with Crippen LogP contribution in [0.2, 0.25) is 0 Å². The lowest BCUT2D eigenvalue weighted by Crippen LogP contribution is -2.39. The van der Waals surface area contributed by atoms with Gasteiger partial charge >= 0.3 is 6.03 Å². The van der Waals surface area contributed by atoms with Crippen LogP contribution in [0.15, 0.2) is 42.5 Å². The number of nitrogens with one attached hydrogen (secondary N) is 3. The van der Waals surface area contributed by atoms with E-state index in [0.29, 0.717) is 5.69 Å². The van der Waals surface area contributed by atoms with Crippen molar-refractivity contribution in [2.24, 2.45) is 0 Å². The fourth-order valence-corrected chi connectivity index (χ4v) is 2.77. The second-order valence-electron chi connectivity index (χ2n) is 5.49. The lowest BCUT2D eigenvalue weighted by Gasteiger charge is -2.09. The second-order valence-corrected chi connectivity index (χ2v) is 5.49. The molecule has 120 valence electrons. The highest BCUT2D eigenvalue weighted by atomic mass is 16.2. The van der Waals surface area contributed by atoms with E-state index in [9.17, 15) is 9.59 Å². The highest BCUT2D eigenvalue weighted by Crippen LogP contribution is 2.37. The molecule has 24 heavy (non-hydrogen) atoms. The van der Waals surface area contributed by atoms with Crippen LogP contribution in [0.25, 0.3) is 11.1 Å². The van der Waals surface area contributed by atoms with Gasteiger partial charge in [-0.15, -0.1) is 6.42 Å². The molecule has 1 aliphatic rings. The van der Waals surface area contributed by atoms with Crippen molar-refractivity contribution in [1.82, 2.24) is 10.6 Å². The zero-order chi connectivity index (χ0) is 16.9. The fraction of sp³-hybridized carbons (Fsp3) is 0.158. The topological polar surface area (TPSA) is 70.2 Å². The summed E-state index contributed by atoms with van der Waals surface area (Å²) in [5, 5.41) is 7.71. The Kier molecular flexibility index (Phi) is 4.48. The standard InChI is InChI=1S/C19H17N3O2/c1-2-9-20-18(23)12-21-19(24)22-15-7-8-17-14(11-15)10-13-5-3-4-6-16(13)17/h1,3-8,11H,9-10,12H2,(H,20,23)(H2,21,22,24). The van der Waals surface area contributed by atoms with Crippen LogP contribution in [0.4, 0.5) is 10.5 Å². The minimum Gasteiger partial charge on any atom is -0.344 e. The molecule has 0 bridgehead atoms. The Labute approximate surface area is 140 Å². The van der Waals surface area contributed by atoms with Gasteiger partial charge in [0.05, 0.1) is 13.1 Å². The zero-order valence-corrected chi connectivity index (χ0v) is 13.1. The molecule has 0 atom stereocenters. The highest BCUT2D eigenvalue weighted by Gasteiger charge is 2.18. The van der Waals surface area contributed by atoms with E-state index in [1.807, 2.05) is 30.3 Å². The molecule has 3 amide bonds. The molecular weight excluding hydrogens is 302 g/mol. The molecule has 1 aliphatic carbocycles. The van der Waals surface area contributed by atoms with Gasteiger partial charge in [-0.05, 0) is 40.8 Å². The van der Waals surface area contributed by atoms with Crippen LogP contribution in [0, 0.1) is 12.3 Å². The molecule has 0 aromatic heterocycles. The van der Waals surface area contributed by atoms with Gasteiger partial charge in [-0.25, -0.2) is 4.79 Å². The van der Waals surface area contributed by atoms with Crippen molar-refractivity contribution in [1.29, 1.82) is 0 Å². The maximum atomic E-state index is 11.9. The molecule has 0 spiro atoms. The first-order chi connectivity index (χ1) is 11.7. The Hall–Kier alpha value is -3.26. The van der Waals surface area contributed by atoms with Crippen molar-refractivity contribution in [3.63, 3.8) is 0 Å². The number of urea groups is 1. The van der Waals surface area contributed by atoms with E-state index in [2.05, 4.69) is 34.0 Å². The molecule has 5 nitrogen and oxygen atoms in total. The first kappa shape index (κ1) is 15.6. The Morgan fingerprint density at radius 3 is 2.67 bits per heavy atom. The summed E-state index contributed by atoms with van der Waals surface area (Å²) in [6.45, 7) is 0.0252. The van der Waals surface area contributed by atoms with Crippen molar-refractivity contribution in [2.75, 3.05) is 18.4 Å². The lowest BCUT2D eigenvalue weighted by atomic mass is 10.1. The minimum atomic E-state index is -0.429. The number of hydrogen-bond donors (Lipinski definition) is 3. The number of rotatable bonds is 4. The molecule has 0 heterocycles. The van der Waals surface area contributed by atoms with Gasteiger partial charge in [0, 0.05) is 5.69 Å². The van der Waals surface area contributed by atoms with Crippen molar-refractivity contribution in [3.8, 4) is 23.5 Å². The number of fused-ring (bicyclic) bond motifs is 3. The Morgan fingerprint density at radius 1 is 1.04 bits per heavy atom. The van der Waals surface area contributed by atoms with Crippen molar-refractivity contribution >= 4 is 17.6 Å². The van der Waals surface area contributed by atoms with Gasteiger partial charge in [0.15, 0.2) is 0 Å². The fourth-order valence-electron chi connectivity index (χ4n) is 2.77. The molecule has 3 rings (SSSR count). The van der Waals surface area contributed by atoms with E-state index in [-0.39, 0.29) is 19.0 Å². The first-order valence-corrected chi connectivity index (χ1v) is 7.63. The third-order valence-electron chi connectivity index (χ3n) is 3.85. The van der Waals surface area contributed by atoms with Crippen LogP contribution in [0.3, 0.4) is 0 Å². The van der Waals surface area contributed by atoms with Gasteiger partial charge in [-0.1, -0.05) is 36.3 Å². The average Bonchev–Trinajstić information content (AvgIpc) is 2.95. The van der Waals surface area contributed by atoms with Gasteiger partial charge in [-0.2, -0.15) is 0 Å². The Morgan fingerprint density at radius 2 is 1.83 bits per heavy atom. The molecule has 0 radical (unpaired) electrons. The summed E-state index contributed by atoms with van der Waals surface area (Å²) in [6, 6.07) is 13.7. The second kappa shape index (κ2) is 6.88. The SMILES string of the molecule is C#CCNC(=O)CNC(=O)Nc1ccc2c(c1)Cc1ccccc1-2. The van der Waals surface area contributed by atoms with Gasteiger partial charge in [-0.3, -0.25) is 4.79 Å². The molecule has 2 aromatic carbocycles. The van der Waals surface area contributed by atoms with Crippen LogP contribution in [0.1, 0.15) is 11.1 Å². The summed E-state index contributed by atoms with van der Waals surface area (Å²) in [6.07, 6.45) is 5.91. The molecule has 0 saturated carbocycles. The number of benzene rings is 2. The molecular formula is C19H17N3O2. The summed E-state index contributed by atoms with van der Waals surface area (Å²) in [5.74, 6) is 1.97. The van der Waals surface area contributed by atoms with E-state index in [1.54, 1.807) is 0 Å². The van der Waals surface area contributed by atoms with Gasteiger partial charge in [0.25, 0.3) is 0 Å². The summed E-state index contributed by atoms with van der Waals surface area (Å²) in [5.41, 5.74) is 5.61. The monoisotopic (exact) mass is 319 g/mol. The lowest BCUT2D eigenvalue weighted by molar-refractivity contribution is -0.119. The first-order valence-electron chi connectivity index (χ1n) is 7.63. The maximum Gasteiger partial charge on any atom is 0.319 e. The summed E-state index contributed by atoms with van der Waals surface area (Å²) < 4.78 is 0.